The van der Waals surface area contributed by atoms with Crippen molar-refractivity contribution in [2.45, 2.75) is 59.0 Å². The molecule has 146 valence electrons. The van der Waals surface area contributed by atoms with Crippen LogP contribution in [0.4, 0.5) is 0 Å². The van der Waals surface area contributed by atoms with Crippen molar-refractivity contribution in [3.05, 3.63) is 48.0 Å². The summed E-state index contributed by atoms with van der Waals surface area (Å²) in [6.45, 7) is 7.71. The highest BCUT2D eigenvalue weighted by Crippen LogP contribution is 2.40. The summed E-state index contributed by atoms with van der Waals surface area (Å²) >= 11 is 0. The molecule has 1 aliphatic rings. The van der Waals surface area contributed by atoms with Gasteiger partial charge >= 0.3 is 0 Å². The highest BCUT2D eigenvalue weighted by Gasteiger charge is 2.31. The Morgan fingerprint density at radius 1 is 1.19 bits per heavy atom. The fourth-order valence-electron chi connectivity index (χ4n) is 3.89. The fraction of sp³-hybridized carbons (Fsp3) is 0.571. The molecule has 2 aromatic rings. The molecule has 2 N–H and O–H groups in total. The van der Waals surface area contributed by atoms with Crippen LogP contribution in [0.1, 0.15) is 57.1 Å². The monoisotopic (exact) mass is 368 g/mol. The molecule has 6 heteroatoms. The van der Waals surface area contributed by atoms with Gasteiger partial charge in [-0.1, -0.05) is 44.0 Å². The number of hydrogen-bond donors (Lipinski definition) is 2. The van der Waals surface area contributed by atoms with E-state index in [0.29, 0.717) is 12.0 Å². The van der Waals surface area contributed by atoms with E-state index in [1.165, 1.54) is 43.2 Å². The molecule has 1 heterocycles. The van der Waals surface area contributed by atoms with Gasteiger partial charge < -0.3 is 10.6 Å². The number of aliphatic imine (C=N–C) groups is 1. The summed E-state index contributed by atoms with van der Waals surface area (Å²) in [6.07, 6.45) is 9.94. The molecule has 1 aromatic heterocycles. The molecule has 0 spiro atoms. The van der Waals surface area contributed by atoms with Crippen LogP contribution in [0.3, 0.4) is 0 Å². The van der Waals surface area contributed by atoms with Crippen molar-refractivity contribution in [2.75, 3.05) is 13.1 Å². The van der Waals surface area contributed by atoms with Gasteiger partial charge in [-0.15, -0.1) is 0 Å². The first-order chi connectivity index (χ1) is 13.2. The van der Waals surface area contributed by atoms with E-state index in [9.17, 15) is 0 Å². The van der Waals surface area contributed by atoms with Crippen molar-refractivity contribution in [1.29, 1.82) is 0 Å². The fourth-order valence-corrected chi connectivity index (χ4v) is 3.89. The van der Waals surface area contributed by atoms with Gasteiger partial charge in [0.15, 0.2) is 5.96 Å². The molecule has 1 aromatic carbocycles. The lowest BCUT2D eigenvalue weighted by atomic mass is 9.83. The van der Waals surface area contributed by atoms with E-state index in [1.54, 1.807) is 12.7 Å². The Morgan fingerprint density at radius 2 is 2.00 bits per heavy atom. The SMILES string of the molecule is CCNC(=NCc1cccc(Cn2cncn2)c1)NCC1(CC)CCCC1. The van der Waals surface area contributed by atoms with Crippen molar-refractivity contribution in [3.8, 4) is 0 Å². The smallest absolute Gasteiger partial charge is 0.191 e. The molecular weight excluding hydrogens is 336 g/mol. The van der Waals surface area contributed by atoms with Crippen LogP contribution < -0.4 is 10.6 Å². The summed E-state index contributed by atoms with van der Waals surface area (Å²) in [6, 6.07) is 8.52. The van der Waals surface area contributed by atoms with Gasteiger partial charge in [0.2, 0.25) is 0 Å². The topological polar surface area (TPSA) is 67.1 Å². The lowest BCUT2D eigenvalue weighted by molar-refractivity contribution is 0.283. The number of rotatable bonds is 8. The summed E-state index contributed by atoms with van der Waals surface area (Å²) in [7, 11) is 0. The predicted octanol–water partition coefficient (Wildman–Crippen LogP) is 3.35. The van der Waals surface area contributed by atoms with Gasteiger partial charge in [0, 0.05) is 13.1 Å². The second kappa shape index (κ2) is 9.53. The van der Waals surface area contributed by atoms with Gasteiger partial charge in [-0.25, -0.2) is 14.7 Å². The predicted molar refractivity (Wildman–Crippen MR) is 110 cm³/mol. The maximum atomic E-state index is 4.81. The van der Waals surface area contributed by atoms with Crippen LogP contribution in [0.2, 0.25) is 0 Å². The Hall–Kier alpha value is -2.37. The molecule has 0 saturated heterocycles. The Balaban J connectivity index is 1.60. The molecule has 3 rings (SSSR count). The molecule has 0 radical (unpaired) electrons. The van der Waals surface area contributed by atoms with Crippen molar-refractivity contribution in [2.24, 2.45) is 10.4 Å². The number of aromatic nitrogens is 3. The van der Waals surface area contributed by atoms with E-state index >= 15 is 0 Å². The molecule has 27 heavy (non-hydrogen) atoms. The van der Waals surface area contributed by atoms with E-state index < -0.39 is 0 Å². The van der Waals surface area contributed by atoms with Crippen molar-refractivity contribution >= 4 is 5.96 Å². The van der Waals surface area contributed by atoms with Crippen LogP contribution in [-0.4, -0.2) is 33.8 Å². The van der Waals surface area contributed by atoms with E-state index in [-0.39, 0.29) is 0 Å². The molecular formula is C21H32N6. The summed E-state index contributed by atoms with van der Waals surface area (Å²) in [5, 5.41) is 11.2. The normalized spacial score (nSPS) is 16.4. The molecule has 0 unspecified atom stereocenters. The number of guanidine groups is 1. The quantitative estimate of drug-likeness (QED) is 0.554. The number of benzene rings is 1. The molecule has 6 nitrogen and oxygen atoms in total. The van der Waals surface area contributed by atoms with Crippen LogP contribution in [0.25, 0.3) is 0 Å². The Morgan fingerprint density at radius 3 is 2.70 bits per heavy atom. The lowest BCUT2D eigenvalue weighted by Crippen LogP contribution is -2.42. The van der Waals surface area contributed by atoms with E-state index in [2.05, 4.69) is 58.8 Å². The second-order valence-corrected chi connectivity index (χ2v) is 7.52. The van der Waals surface area contributed by atoms with Gasteiger partial charge in [0.1, 0.15) is 12.7 Å². The minimum absolute atomic E-state index is 0.452. The second-order valence-electron chi connectivity index (χ2n) is 7.52. The third-order valence-corrected chi connectivity index (χ3v) is 5.61. The average Bonchev–Trinajstić information content (AvgIpc) is 3.37. The Labute approximate surface area is 162 Å². The number of hydrogen-bond acceptors (Lipinski definition) is 3. The maximum Gasteiger partial charge on any atom is 0.191 e. The van der Waals surface area contributed by atoms with Gasteiger partial charge in [0.05, 0.1) is 13.1 Å². The maximum absolute atomic E-state index is 4.81. The number of nitrogens with zero attached hydrogens (tertiary/aromatic N) is 4. The largest absolute Gasteiger partial charge is 0.357 e. The van der Waals surface area contributed by atoms with Crippen molar-refractivity contribution in [3.63, 3.8) is 0 Å². The van der Waals surface area contributed by atoms with Crippen LogP contribution in [0.5, 0.6) is 0 Å². The van der Waals surface area contributed by atoms with Crippen LogP contribution in [0, 0.1) is 5.41 Å². The van der Waals surface area contributed by atoms with E-state index in [0.717, 1.165) is 25.6 Å². The zero-order valence-electron chi connectivity index (χ0n) is 16.6. The summed E-state index contributed by atoms with van der Waals surface area (Å²) in [5.41, 5.74) is 2.87. The lowest BCUT2D eigenvalue weighted by Gasteiger charge is -2.28. The minimum atomic E-state index is 0.452. The van der Waals surface area contributed by atoms with Crippen LogP contribution in [-0.2, 0) is 13.1 Å². The molecule has 0 amide bonds. The first kappa shape index (κ1) is 19.4. The van der Waals surface area contributed by atoms with Gasteiger partial charge in [-0.05, 0) is 42.7 Å². The third-order valence-electron chi connectivity index (χ3n) is 5.61. The minimum Gasteiger partial charge on any atom is -0.357 e. The zero-order valence-corrected chi connectivity index (χ0v) is 16.6. The molecule has 1 fully saturated rings. The summed E-state index contributed by atoms with van der Waals surface area (Å²) < 4.78 is 1.83. The van der Waals surface area contributed by atoms with Gasteiger partial charge in [-0.2, -0.15) is 5.10 Å². The van der Waals surface area contributed by atoms with E-state index in [4.69, 9.17) is 4.99 Å². The molecule has 0 aliphatic heterocycles. The van der Waals surface area contributed by atoms with Crippen molar-refractivity contribution < 1.29 is 0 Å². The number of nitrogens with one attached hydrogen (secondary N) is 2. The van der Waals surface area contributed by atoms with Crippen molar-refractivity contribution in [1.82, 2.24) is 25.4 Å². The van der Waals surface area contributed by atoms with Gasteiger partial charge in [0.25, 0.3) is 0 Å². The summed E-state index contributed by atoms with van der Waals surface area (Å²) in [5.74, 6) is 0.916. The Bertz CT molecular complexity index is 716. The average molecular weight is 369 g/mol. The standard InChI is InChI=1S/C21H32N6/c1-3-21(10-5-6-11-21)15-25-20(23-4-2)24-13-18-8-7-9-19(12-18)14-27-17-22-16-26-27/h7-9,12,16-17H,3-6,10-11,13-15H2,1-2H3,(H2,23,24,25). The third kappa shape index (κ3) is 5.55. The molecule has 1 aliphatic carbocycles. The molecule has 1 saturated carbocycles. The van der Waals surface area contributed by atoms with E-state index in [1.807, 2.05) is 4.68 Å². The van der Waals surface area contributed by atoms with Crippen LogP contribution in [0.15, 0.2) is 41.9 Å². The highest BCUT2D eigenvalue weighted by atomic mass is 15.3. The van der Waals surface area contributed by atoms with Crippen LogP contribution >= 0.6 is 0 Å². The first-order valence-electron chi connectivity index (χ1n) is 10.2. The summed E-state index contributed by atoms with van der Waals surface area (Å²) in [4.78, 5) is 8.81. The molecule has 0 atom stereocenters. The Kier molecular flexibility index (Phi) is 6.85. The molecule has 0 bridgehead atoms. The van der Waals surface area contributed by atoms with Gasteiger partial charge in [-0.3, -0.25) is 0 Å². The first-order valence-corrected chi connectivity index (χ1v) is 10.2. The highest BCUT2D eigenvalue weighted by molar-refractivity contribution is 5.79. The zero-order chi connectivity index (χ0) is 19.0.